The number of hydrogen-bond donors (Lipinski definition) is 3. The highest BCUT2D eigenvalue weighted by Crippen LogP contribution is 2.58. The van der Waals surface area contributed by atoms with Crippen molar-refractivity contribution in [2.75, 3.05) is 13.1 Å². The number of piperidine rings is 1. The molecule has 1 saturated carbocycles. The Morgan fingerprint density at radius 2 is 2.06 bits per heavy atom. The maximum absolute atomic E-state index is 11.8. The van der Waals surface area contributed by atoms with Crippen LogP contribution in [-0.4, -0.2) is 36.1 Å². The van der Waals surface area contributed by atoms with E-state index >= 15 is 0 Å². The molecule has 3 N–H and O–H groups in total. The van der Waals surface area contributed by atoms with Crippen LogP contribution in [0, 0.1) is 11.3 Å². The van der Waals surface area contributed by atoms with Gasteiger partial charge in [-0.05, 0) is 44.7 Å². The van der Waals surface area contributed by atoms with E-state index in [0.29, 0.717) is 0 Å². The lowest BCUT2D eigenvalue weighted by Gasteiger charge is -2.23. The fourth-order valence-corrected chi connectivity index (χ4v) is 2.57. The van der Waals surface area contributed by atoms with E-state index < -0.39 is 12.0 Å². The Bertz CT molecular complexity index is 310. The van der Waals surface area contributed by atoms with Crippen LogP contribution >= 0.6 is 0 Å². The van der Waals surface area contributed by atoms with Gasteiger partial charge in [-0.3, -0.25) is 9.59 Å². The van der Waals surface area contributed by atoms with Crippen LogP contribution in [0.15, 0.2) is 0 Å². The molecule has 2 aliphatic rings. The number of carbonyl (C=O) groups excluding carboxylic acids is 1. The van der Waals surface area contributed by atoms with Crippen molar-refractivity contribution in [1.82, 2.24) is 10.6 Å². The standard InChI is InChI=1S/C11H18N2O3/c1-7(10(15)16)13-9(14)8-6-11(8)2-4-12-5-3-11/h7-8,12H,2-6H2,1H3,(H,13,14)(H,15,16)/t7-,8?/m1/s1. The van der Waals surface area contributed by atoms with E-state index in [1.165, 1.54) is 6.92 Å². The molecule has 2 fully saturated rings. The summed E-state index contributed by atoms with van der Waals surface area (Å²) in [6.07, 6.45) is 2.99. The van der Waals surface area contributed by atoms with Crippen LogP contribution in [0.4, 0.5) is 0 Å². The van der Waals surface area contributed by atoms with Gasteiger partial charge in [-0.2, -0.15) is 0 Å². The molecule has 2 rings (SSSR count). The monoisotopic (exact) mass is 226 g/mol. The average Bonchev–Trinajstić information content (AvgIpc) is 2.93. The SMILES string of the molecule is C[C@@H](NC(=O)C1CC12CCNCC2)C(=O)O. The van der Waals surface area contributed by atoms with Gasteiger partial charge in [0.2, 0.25) is 5.91 Å². The Morgan fingerprint density at radius 1 is 1.44 bits per heavy atom. The van der Waals surface area contributed by atoms with Gasteiger partial charge < -0.3 is 15.7 Å². The van der Waals surface area contributed by atoms with Gasteiger partial charge in [0.1, 0.15) is 6.04 Å². The number of carbonyl (C=O) groups is 2. The van der Waals surface area contributed by atoms with Gasteiger partial charge in [0, 0.05) is 5.92 Å². The van der Waals surface area contributed by atoms with Gasteiger partial charge in [0.25, 0.3) is 0 Å². The molecule has 0 aromatic heterocycles. The quantitative estimate of drug-likeness (QED) is 0.631. The zero-order chi connectivity index (χ0) is 11.8. The van der Waals surface area contributed by atoms with Gasteiger partial charge in [0.15, 0.2) is 0 Å². The predicted octanol–water partition coefficient (Wildman–Crippen LogP) is -0.0346. The smallest absolute Gasteiger partial charge is 0.325 e. The van der Waals surface area contributed by atoms with Crippen molar-refractivity contribution in [2.24, 2.45) is 11.3 Å². The lowest BCUT2D eigenvalue weighted by molar-refractivity contribution is -0.141. The Kier molecular flexibility index (Phi) is 2.88. The minimum Gasteiger partial charge on any atom is -0.480 e. The molecule has 0 bridgehead atoms. The van der Waals surface area contributed by atoms with Crippen LogP contribution in [0.25, 0.3) is 0 Å². The van der Waals surface area contributed by atoms with Crippen LogP contribution < -0.4 is 10.6 Å². The first-order valence-corrected chi connectivity index (χ1v) is 5.79. The van der Waals surface area contributed by atoms with Crippen molar-refractivity contribution in [1.29, 1.82) is 0 Å². The van der Waals surface area contributed by atoms with Crippen molar-refractivity contribution in [2.45, 2.75) is 32.2 Å². The van der Waals surface area contributed by atoms with Crippen LogP contribution in [0.1, 0.15) is 26.2 Å². The average molecular weight is 226 g/mol. The van der Waals surface area contributed by atoms with E-state index in [2.05, 4.69) is 10.6 Å². The summed E-state index contributed by atoms with van der Waals surface area (Å²) < 4.78 is 0. The minimum atomic E-state index is -0.978. The fraction of sp³-hybridized carbons (Fsp3) is 0.818. The molecular formula is C11H18N2O3. The number of carboxylic acids is 1. The van der Waals surface area contributed by atoms with Crippen molar-refractivity contribution < 1.29 is 14.7 Å². The molecule has 1 heterocycles. The number of amides is 1. The topological polar surface area (TPSA) is 78.4 Å². The molecule has 1 aliphatic heterocycles. The van der Waals surface area contributed by atoms with E-state index in [9.17, 15) is 9.59 Å². The number of carboxylic acid groups (broad SMARTS) is 1. The van der Waals surface area contributed by atoms with Gasteiger partial charge in [-0.15, -0.1) is 0 Å². The Balaban J connectivity index is 1.86. The van der Waals surface area contributed by atoms with Gasteiger partial charge >= 0.3 is 5.97 Å². The van der Waals surface area contributed by atoms with E-state index in [1.54, 1.807) is 0 Å². The summed E-state index contributed by atoms with van der Waals surface area (Å²) in [7, 11) is 0. The summed E-state index contributed by atoms with van der Waals surface area (Å²) in [6.45, 7) is 3.44. The number of rotatable bonds is 3. The zero-order valence-electron chi connectivity index (χ0n) is 9.45. The Labute approximate surface area is 94.6 Å². The van der Waals surface area contributed by atoms with Gasteiger partial charge in [-0.25, -0.2) is 0 Å². The van der Waals surface area contributed by atoms with Gasteiger partial charge in [-0.1, -0.05) is 0 Å². The zero-order valence-corrected chi connectivity index (χ0v) is 9.45. The second-order valence-corrected chi connectivity index (χ2v) is 4.94. The summed E-state index contributed by atoms with van der Waals surface area (Å²) in [6, 6.07) is -0.785. The molecule has 1 unspecified atom stereocenters. The van der Waals surface area contributed by atoms with Crippen LogP contribution in [0.3, 0.4) is 0 Å². The second kappa shape index (κ2) is 4.05. The van der Waals surface area contributed by atoms with E-state index in [1.807, 2.05) is 0 Å². The van der Waals surface area contributed by atoms with E-state index in [4.69, 9.17) is 5.11 Å². The lowest BCUT2D eigenvalue weighted by Crippen LogP contribution is -2.41. The first-order valence-electron chi connectivity index (χ1n) is 5.79. The molecule has 5 heteroatoms. The van der Waals surface area contributed by atoms with Crippen LogP contribution in [-0.2, 0) is 9.59 Å². The largest absolute Gasteiger partial charge is 0.480 e. The molecule has 1 saturated heterocycles. The van der Waals surface area contributed by atoms with Crippen molar-refractivity contribution >= 4 is 11.9 Å². The summed E-state index contributed by atoms with van der Waals surface area (Å²) in [4.78, 5) is 22.4. The molecule has 1 aliphatic carbocycles. The molecule has 2 atom stereocenters. The molecule has 5 nitrogen and oxygen atoms in total. The maximum atomic E-state index is 11.8. The summed E-state index contributed by atoms with van der Waals surface area (Å²) >= 11 is 0. The fourth-order valence-electron chi connectivity index (χ4n) is 2.57. The summed E-state index contributed by atoms with van der Waals surface area (Å²) in [5.41, 5.74) is 0.174. The second-order valence-electron chi connectivity index (χ2n) is 4.94. The molecule has 90 valence electrons. The lowest BCUT2D eigenvalue weighted by atomic mass is 9.91. The molecule has 1 amide bonds. The van der Waals surface area contributed by atoms with Crippen molar-refractivity contribution in [3.63, 3.8) is 0 Å². The summed E-state index contributed by atoms with van der Waals surface area (Å²) in [5.74, 6) is -1.03. The van der Waals surface area contributed by atoms with E-state index in [0.717, 1.165) is 32.4 Å². The molecule has 16 heavy (non-hydrogen) atoms. The molecule has 1 spiro atoms. The third-order valence-electron chi connectivity index (χ3n) is 3.83. The van der Waals surface area contributed by atoms with Crippen LogP contribution in [0.2, 0.25) is 0 Å². The Morgan fingerprint density at radius 3 is 2.62 bits per heavy atom. The number of nitrogens with one attached hydrogen (secondary N) is 2. The molecular weight excluding hydrogens is 208 g/mol. The first-order chi connectivity index (χ1) is 7.55. The predicted molar refractivity (Wildman–Crippen MR) is 57.9 cm³/mol. The maximum Gasteiger partial charge on any atom is 0.325 e. The highest BCUT2D eigenvalue weighted by Gasteiger charge is 2.57. The number of hydrogen-bond acceptors (Lipinski definition) is 3. The van der Waals surface area contributed by atoms with E-state index in [-0.39, 0.29) is 17.2 Å². The molecule has 0 radical (unpaired) electrons. The highest BCUT2D eigenvalue weighted by molar-refractivity contribution is 5.87. The first kappa shape index (κ1) is 11.4. The number of aliphatic carboxylic acids is 1. The molecule has 0 aromatic rings. The summed E-state index contributed by atoms with van der Waals surface area (Å²) in [5, 5.41) is 14.5. The van der Waals surface area contributed by atoms with Gasteiger partial charge in [0.05, 0.1) is 0 Å². The van der Waals surface area contributed by atoms with Crippen LogP contribution in [0.5, 0.6) is 0 Å². The third-order valence-corrected chi connectivity index (χ3v) is 3.83. The van der Waals surface area contributed by atoms with Crippen molar-refractivity contribution in [3.8, 4) is 0 Å². The highest BCUT2D eigenvalue weighted by atomic mass is 16.4. The van der Waals surface area contributed by atoms with Crippen molar-refractivity contribution in [3.05, 3.63) is 0 Å². The molecule has 0 aromatic carbocycles. The Hall–Kier alpha value is -1.10. The third kappa shape index (κ3) is 2.04. The minimum absolute atomic E-state index is 0.0383. The normalized spacial score (nSPS) is 28.4.